The van der Waals surface area contributed by atoms with Crippen molar-refractivity contribution in [3.63, 3.8) is 0 Å². The average molecular weight is 352 g/mol. The van der Waals surface area contributed by atoms with Gasteiger partial charge in [-0.3, -0.25) is 9.59 Å². The van der Waals surface area contributed by atoms with Crippen LogP contribution in [0.5, 0.6) is 0 Å². The maximum absolute atomic E-state index is 12.3. The molecule has 0 spiro atoms. The highest BCUT2D eigenvalue weighted by atomic mass is 16.4. The van der Waals surface area contributed by atoms with Crippen molar-refractivity contribution in [2.24, 2.45) is 5.92 Å². The molecule has 6 nitrogen and oxygen atoms in total. The predicted molar refractivity (Wildman–Crippen MR) is 98.3 cm³/mol. The molecule has 6 heteroatoms. The fraction of sp³-hybridized carbons (Fsp3) is 0.250. The number of carbonyl (C=O) groups excluding carboxylic acids is 2. The summed E-state index contributed by atoms with van der Waals surface area (Å²) in [4.78, 5) is 35.2. The summed E-state index contributed by atoms with van der Waals surface area (Å²) in [6.45, 7) is 1.87. The van der Waals surface area contributed by atoms with Crippen LogP contribution in [0.4, 0.5) is 11.4 Å². The van der Waals surface area contributed by atoms with Gasteiger partial charge in [-0.25, -0.2) is 4.79 Å². The molecule has 1 aliphatic carbocycles. The lowest BCUT2D eigenvalue weighted by Gasteiger charge is -2.12. The number of carboxylic acids is 1. The zero-order valence-electron chi connectivity index (χ0n) is 14.4. The van der Waals surface area contributed by atoms with E-state index in [4.69, 9.17) is 5.11 Å². The Kier molecular flexibility index (Phi) is 5.02. The first-order valence-corrected chi connectivity index (χ1v) is 8.46. The van der Waals surface area contributed by atoms with Crippen LogP contribution in [0.3, 0.4) is 0 Å². The van der Waals surface area contributed by atoms with Gasteiger partial charge in [-0.05, 0) is 55.2 Å². The molecule has 0 aromatic heterocycles. The molecule has 2 amide bonds. The van der Waals surface area contributed by atoms with Crippen molar-refractivity contribution in [3.05, 3.63) is 59.2 Å². The highest BCUT2D eigenvalue weighted by Gasteiger charge is 2.29. The average Bonchev–Trinajstić information content (AvgIpc) is 3.43. The fourth-order valence-electron chi connectivity index (χ4n) is 2.62. The SMILES string of the molecule is Cc1ccc(NC(=O)C2CC2)cc1NC(=O)Cc1cccc(C(=O)O)c1. The molecule has 134 valence electrons. The number of carboxylic acid groups (broad SMARTS) is 1. The number of aryl methyl sites for hydroxylation is 1. The first kappa shape index (κ1) is 17.7. The Bertz CT molecular complexity index is 872. The topological polar surface area (TPSA) is 95.5 Å². The van der Waals surface area contributed by atoms with Gasteiger partial charge in [0, 0.05) is 17.3 Å². The van der Waals surface area contributed by atoms with Crippen molar-refractivity contribution >= 4 is 29.2 Å². The molecule has 3 rings (SSSR count). The van der Waals surface area contributed by atoms with Crippen molar-refractivity contribution in [2.45, 2.75) is 26.2 Å². The second kappa shape index (κ2) is 7.39. The van der Waals surface area contributed by atoms with Gasteiger partial charge in [0.25, 0.3) is 0 Å². The number of hydrogen-bond acceptors (Lipinski definition) is 3. The van der Waals surface area contributed by atoms with Crippen molar-refractivity contribution in [1.82, 2.24) is 0 Å². The number of amides is 2. The molecule has 0 unspecified atom stereocenters. The van der Waals surface area contributed by atoms with E-state index in [1.807, 2.05) is 19.1 Å². The Morgan fingerprint density at radius 2 is 1.85 bits per heavy atom. The van der Waals surface area contributed by atoms with E-state index in [0.717, 1.165) is 18.4 Å². The molecule has 0 radical (unpaired) electrons. The summed E-state index contributed by atoms with van der Waals surface area (Å²) in [6, 6.07) is 11.7. The zero-order chi connectivity index (χ0) is 18.7. The van der Waals surface area contributed by atoms with Gasteiger partial charge in [0.15, 0.2) is 0 Å². The number of nitrogens with one attached hydrogen (secondary N) is 2. The van der Waals surface area contributed by atoms with E-state index < -0.39 is 5.97 Å². The minimum atomic E-state index is -1.03. The third kappa shape index (κ3) is 4.47. The Morgan fingerprint density at radius 3 is 2.54 bits per heavy atom. The largest absolute Gasteiger partial charge is 0.478 e. The summed E-state index contributed by atoms with van der Waals surface area (Å²) in [7, 11) is 0. The predicted octanol–water partition coefficient (Wildman–Crippen LogP) is 3.22. The smallest absolute Gasteiger partial charge is 0.335 e. The Labute approximate surface area is 151 Å². The van der Waals surface area contributed by atoms with Crippen molar-refractivity contribution in [3.8, 4) is 0 Å². The van der Waals surface area contributed by atoms with Crippen LogP contribution in [0, 0.1) is 12.8 Å². The van der Waals surface area contributed by atoms with Crippen molar-refractivity contribution in [2.75, 3.05) is 10.6 Å². The third-order valence-electron chi connectivity index (χ3n) is 4.27. The molecule has 1 fully saturated rings. The van der Waals surface area contributed by atoms with E-state index in [2.05, 4.69) is 10.6 Å². The molecule has 3 N–H and O–H groups in total. The minimum absolute atomic E-state index is 0.0108. The third-order valence-corrected chi connectivity index (χ3v) is 4.27. The van der Waals surface area contributed by atoms with Crippen LogP contribution < -0.4 is 10.6 Å². The summed E-state index contributed by atoms with van der Waals surface area (Å²) in [5.41, 5.74) is 2.92. The first-order chi connectivity index (χ1) is 12.4. The Morgan fingerprint density at radius 1 is 1.08 bits per heavy atom. The Balaban J connectivity index is 1.67. The monoisotopic (exact) mass is 352 g/mol. The van der Waals surface area contributed by atoms with Crippen LogP contribution in [0.15, 0.2) is 42.5 Å². The number of anilines is 2. The van der Waals surface area contributed by atoms with Crippen LogP contribution in [-0.2, 0) is 16.0 Å². The van der Waals surface area contributed by atoms with E-state index >= 15 is 0 Å². The summed E-state index contributed by atoms with van der Waals surface area (Å²) in [6.07, 6.45) is 1.92. The lowest BCUT2D eigenvalue weighted by molar-refractivity contribution is -0.117. The molecule has 0 aliphatic heterocycles. The highest BCUT2D eigenvalue weighted by Crippen LogP contribution is 2.30. The van der Waals surface area contributed by atoms with Gasteiger partial charge in [0.2, 0.25) is 11.8 Å². The number of rotatable bonds is 6. The van der Waals surface area contributed by atoms with E-state index in [1.165, 1.54) is 12.1 Å². The summed E-state index contributed by atoms with van der Waals surface area (Å²) >= 11 is 0. The number of carbonyl (C=O) groups is 3. The van der Waals surface area contributed by atoms with Crippen molar-refractivity contribution < 1.29 is 19.5 Å². The zero-order valence-corrected chi connectivity index (χ0v) is 14.4. The van der Waals surface area contributed by atoms with E-state index in [9.17, 15) is 14.4 Å². The van der Waals surface area contributed by atoms with E-state index in [1.54, 1.807) is 18.2 Å². The molecule has 2 aromatic carbocycles. The molecular weight excluding hydrogens is 332 g/mol. The van der Waals surface area contributed by atoms with Gasteiger partial charge in [0.1, 0.15) is 0 Å². The highest BCUT2D eigenvalue weighted by molar-refractivity contribution is 5.97. The Hall–Kier alpha value is -3.15. The minimum Gasteiger partial charge on any atom is -0.478 e. The van der Waals surface area contributed by atoms with Crippen LogP contribution >= 0.6 is 0 Å². The molecule has 0 heterocycles. The quantitative estimate of drug-likeness (QED) is 0.744. The van der Waals surface area contributed by atoms with Gasteiger partial charge in [-0.2, -0.15) is 0 Å². The van der Waals surface area contributed by atoms with Gasteiger partial charge < -0.3 is 15.7 Å². The standard InChI is InChI=1S/C20H20N2O4/c1-12-5-8-16(21-19(24)14-6-7-14)11-17(12)22-18(23)10-13-3-2-4-15(9-13)20(25)26/h2-5,8-9,11,14H,6-7,10H2,1H3,(H,21,24)(H,22,23)(H,25,26). The molecular formula is C20H20N2O4. The van der Waals surface area contributed by atoms with Gasteiger partial charge in [-0.1, -0.05) is 18.2 Å². The van der Waals surface area contributed by atoms with Crippen LogP contribution in [0.2, 0.25) is 0 Å². The van der Waals surface area contributed by atoms with E-state index in [-0.39, 0.29) is 29.7 Å². The van der Waals surface area contributed by atoms with Crippen LogP contribution in [0.25, 0.3) is 0 Å². The molecule has 1 aliphatic rings. The van der Waals surface area contributed by atoms with E-state index in [0.29, 0.717) is 16.9 Å². The molecule has 0 bridgehead atoms. The normalized spacial score (nSPS) is 13.1. The maximum Gasteiger partial charge on any atom is 0.335 e. The molecule has 0 atom stereocenters. The summed E-state index contributed by atoms with van der Waals surface area (Å²) in [5.74, 6) is -1.16. The number of benzene rings is 2. The van der Waals surface area contributed by atoms with Crippen LogP contribution in [-0.4, -0.2) is 22.9 Å². The lowest BCUT2D eigenvalue weighted by Crippen LogP contribution is -2.17. The summed E-state index contributed by atoms with van der Waals surface area (Å²) in [5, 5.41) is 14.7. The molecule has 1 saturated carbocycles. The maximum atomic E-state index is 12.3. The lowest BCUT2D eigenvalue weighted by atomic mass is 10.1. The first-order valence-electron chi connectivity index (χ1n) is 8.46. The second-order valence-corrected chi connectivity index (χ2v) is 6.52. The molecule has 0 saturated heterocycles. The van der Waals surface area contributed by atoms with Crippen molar-refractivity contribution in [1.29, 1.82) is 0 Å². The second-order valence-electron chi connectivity index (χ2n) is 6.52. The van der Waals surface area contributed by atoms with Crippen LogP contribution in [0.1, 0.15) is 34.3 Å². The van der Waals surface area contributed by atoms with Gasteiger partial charge in [0.05, 0.1) is 12.0 Å². The molecule has 2 aromatic rings. The fourth-order valence-corrected chi connectivity index (χ4v) is 2.62. The number of aromatic carboxylic acids is 1. The van der Waals surface area contributed by atoms with Gasteiger partial charge >= 0.3 is 5.97 Å². The molecule has 26 heavy (non-hydrogen) atoms. The summed E-state index contributed by atoms with van der Waals surface area (Å²) < 4.78 is 0. The van der Waals surface area contributed by atoms with Gasteiger partial charge in [-0.15, -0.1) is 0 Å². The number of hydrogen-bond donors (Lipinski definition) is 3.